The number of hydrogen-bond acceptors (Lipinski definition) is 4. The molecule has 0 bridgehead atoms. The Hall–Kier alpha value is -2.14. The average Bonchev–Trinajstić information content (AvgIpc) is 2.84. The van der Waals surface area contributed by atoms with Crippen LogP contribution in [0.2, 0.25) is 0 Å². The first kappa shape index (κ1) is 11.9. The number of fused-ring (bicyclic) bond motifs is 1. The minimum atomic E-state index is 0.270. The van der Waals surface area contributed by atoms with Gasteiger partial charge >= 0.3 is 6.01 Å². The number of benzene rings is 1. The fourth-order valence-corrected chi connectivity index (χ4v) is 1.96. The minimum absolute atomic E-state index is 0.270. The van der Waals surface area contributed by atoms with Gasteiger partial charge in [0, 0.05) is 12.4 Å². The summed E-state index contributed by atoms with van der Waals surface area (Å²) in [4.78, 5) is 8.41. The molecule has 0 spiro atoms. The van der Waals surface area contributed by atoms with Gasteiger partial charge in [-0.25, -0.2) is 4.98 Å². The fraction of sp³-hybridized carbons (Fsp3) is 0.154. The van der Waals surface area contributed by atoms with Gasteiger partial charge in [0.1, 0.15) is 6.33 Å². The van der Waals surface area contributed by atoms with Crippen LogP contribution in [0.4, 0.5) is 0 Å². The Morgan fingerprint density at radius 1 is 1.32 bits per heavy atom. The van der Waals surface area contributed by atoms with Crippen LogP contribution in [0.15, 0.2) is 36.7 Å². The maximum absolute atomic E-state index is 5.85. The first-order valence-corrected chi connectivity index (χ1v) is 6.28. The molecule has 3 aromatic rings. The van der Waals surface area contributed by atoms with Gasteiger partial charge in [-0.1, -0.05) is 18.2 Å². The second-order valence-electron chi connectivity index (χ2n) is 4.08. The van der Waals surface area contributed by atoms with Gasteiger partial charge in [0.25, 0.3) is 0 Å². The maximum atomic E-state index is 5.85. The number of rotatable bonds is 3. The number of aryl methyl sites for hydroxylation is 1. The van der Waals surface area contributed by atoms with Crippen LogP contribution in [0.3, 0.4) is 0 Å². The van der Waals surface area contributed by atoms with Crippen molar-refractivity contribution in [1.82, 2.24) is 19.7 Å². The van der Waals surface area contributed by atoms with Gasteiger partial charge in [0.05, 0.1) is 11.6 Å². The van der Waals surface area contributed by atoms with Crippen molar-refractivity contribution in [3.8, 4) is 11.9 Å². The van der Waals surface area contributed by atoms with Gasteiger partial charge < -0.3 is 4.74 Å². The summed E-state index contributed by atoms with van der Waals surface area (Å²) in [7, 11) is 1.78. The van der Waals surface area contributed by atoms with Crippen molar-refractivity contribution in [2.45, 2.75) is 5.88 Å². The van der Waals surface area contributed by atoms with Crippen LogP contribution in [0, 0.1) is 0 Å². The van der Waals surface area contributed by atoms with Gasteiger partial charge in [-0.2, -0.15) is 4.98 Å². The first-order chi connectivity index (χ1) is 9.26. The monoisotopic (exact) mass is 274 g/mol. The third kappa shape index (κ3) is 2.37. The van der Waals surface area contributed by atoms with E-state index < -0.39 is 0 Å². The first-order valence-electron chi connectivity index (χ1n) is 5.74. The lowest BCUT2D eigenvalue weighted by atomic mass is 10.1. The molecule has 0 aliphatic rings. The molecule has 2 aromatic heterocycles. The number of nitrogens with zero attached hydrogens (tertiary/aromatic N) is 4. The predicted molar refractivity (Wildman–Crippen MR) is 72.4 cm³/mol. The number of pyridine rings is 1. The molecule has 0 amide bonds. The summed E-state index contributed by atoms with van der Waals surface area (Å²) in [6.45, 7) is 0. The number of hydrogen-bond donors (Lipinski definition) is 0. The molecule has 0 atom stereocenters. The van der Waals surface area contributed by atoms with E-state index in [4.69, 9.17) is 16.3 Å². The number of halogens is 1. The third-order valence-electron chi connectivity index (χ3n) is 2.66. The number of aromatic nitrogens is 4. The summed E-state index contributed by atoms with van der Waals surface area (Å²) in [5, 5.41) is 6.01. The fourth-order valence-electron chi connectivity index (χ4n) is 1.82. The Bertz CT molecular complexity index is 725. The predicted octanol–water partition coefficient (Wildman–Crippen LogP) is 2.89. The van der Waals surface area contributed by atoms with Crippen LogP contribution in [0.1, 0.15) is 5.69 Å². The van der Waals surface area contributed by atoms with Crippen LogP contribution >= 0.6 is 11.6 Å². The van der Waals surface area contributed by atoms with E-state index in [1.165, 1.54) is 0 Å². The maximum Gasteiger partial charge on any atom is 0.342 e. The average molecular weight is 275 g/mol. The van der Waals surface area contributed by atoms with Crippen molar-refractivity contribution in [2.75, 3.05) is 0 Å². The molecule has 0 aliphatic carbocycles. The minimum Gasteiger partial charge on any atom is -0.403 e. The Balaban J connectivity index is 2.10. The number of alkyl halides is 1. The molecule has 2 heterocycles. The SMILES string of the molecule is Cn1cnc(Oc2nc(CCl)cc3ccccc23)n1. The Labute approximate surface area is 114 Å². The van der Waals surface area contributed by atoms with Crippen LogP contribution in [-0.4, -0.2) is 19.7 Å². The van der Waals surface area contributed by atoms with E-state index >= 15 is 0 Å². The summed E-state index contributed by atoms with van der Waals surface area (Å²) in [5.74, 6) is 0.802. The summed E-state index contributed by atoms with van der Waals surface area (Å²) in [6, 6.07) is 10.0. The molecule has 0 saturated heterocycles. The van der Waals surface area contributed by atoms with Crippen molar-refractivity contribution >= 4 is 22.4 Å². The zero-order valence-corrected chi connectivity index (χ0v) is 11.0. The molecule has 0 saturated carbocycles. The summed E-state index contributed by atoms with van der Waals surface area (Å²) in [6.07, 6.45) is 1.57. The van der Waals surface area contributed by atoms with Gasteiger partial charge in [-0.3, -0.25) is 4.68 Å². The van der Waals surface area contributed by atoms with E-state index in [9.17, 15) is 0 Å². The third-order valence-corrected chi connectivity index (χ3v) is 2.94. The van der Waals surface area contributed by atoms with Crippen LogP contribution in [0.25, 0.3) is 10.8 Å². The van der Waals surface area contributed by atoms with E-state index in [0.717, 1.165) is 16.5 Å². The molecule has 0 N–H and O–H groups in total. The quantitative estimate of drug-likeness (QED) is 0.689. The molecule has 3 rings (SSSR count). The highest BCUT2D eigenvalue weighted by atomic mass is 35.5. The van der Waals surface area contributed by atoms with E-state index in [-0.39, 0.29) is 6.01 Å². The van der Waals surface area contributed by atoms with E-state index in [1.807, 2.05) is 30.3 Å². The lowest BCUT2D eigenvalue weighted by Crippen LogP contribution is -1.95. The highest BCUT2D eigenvalue weighted by Gasteiger charge is 2.10. The molecule has 96 valence electrons. The van der Waals surface area contributed by atoms with E-state index in [0.29, 0.717) is 11.8 Å². The van der Waals surface area contributed by atoms with Gasteiger partial charge in [-0.15, -0.1) is 16.7 Å². The second kappa shape index (κ2) is 4.85. The van der Waals surface area contributed by atoms with Gasteiger partial charge in [0.2, 0.25) is 5.88 Å². The van der Waals surface area contributed by atoms with Gasteiger partial charge in [-0.05, 0) is 17.5 Å². The Morgan fingerprint density at radius 2 is 2.16 bits per heavy atom. The highest BCUT2D eigenvalue weighted by Crippen LogP contribution is 2.27. The standard InChI is InChI=1S/C13H11ClN4O/c1-18-8-15-13(17-18)19-12-11-5-3-2-4-9(11)6-10(7-14)16-12/h2-6,8H,7H2,1H3. The number of ether oxygens (including phenoxy) is 1. The van der Waals surface area contributed by atoms with E-state index in [1.54, 1.807) is 18.1 Å². The second-order valence-corrected chi connectivity index (χ2v) is 4.34. The molecular weight excluding hydrogens is 264 g/mol. The summed E-state index contributed by atoms with van der Waals surface area (Å²) in [5.41, 5.74) is 0.756. The van der Waals surface area contributed by atoms with Crippen LogP contribution in [0.5, 0.6) is 11.9 Å². The van der Waals surface area contributed by atoms with Crippen molar-refractivity contribution in [2.24, 2.45) is 7.05 Å². The van der Waals surface area contributed by atoms with Crippen molar-refractivity contribution in [1.29, 1.82) is 0 Å². The topological polar surface area (TPSA) is 52.8 Å². The lowest BCUT2D eigenvalue weighted by Gasteiger charge is -2.06. The van der Waals surface area contributed by atoms with Crippen LogP contribution < -0.4 is 4.74 Å². The molecule has 19 heavy (non-hydrogen) atoms. The molecule has 6 heteroatoms. The molecule has 0 radical (unpaired) electrons. The molecule has 1 aromatic carbocycles. The zero-order valence-electron chi connectivity index (χ0n) is 10.2. The lowest BCUT2D eigenvalue weighted by molar-refractivity contribution is 0.427. The van der Waals surface area contributed by atoms with Gasteiger partial charge in [0.15, 0.2) is 0 Å². The Morgan fingerprint density at radius 3 is 2.89 bits per heavy atom. The normalized spacial score (nSPS) is 10.8. The highest BCUT2D eigenvalue weighted by molar-refractivity contribution is 6.17. The van der Waals surface area contributed by atoms with E-state index in [2.05, 4.69) is 15.1 Å². The molecule has 0 aliphatic heterocycles. The summed E-state index contributed by atoms with van der Waals surface area (Å²) < 4.78 is 7.21. The molecule has 0 fully saturated rings. The van der Waals surface area contributed by atoms with Crippen LogP contribution in [-0.2, 0) is 12.9 Å². The molecular formula is C13H11ClN4O. The summed E-state index contributed by atoms with van der Waals surface area (Å²) >= 11 is 5.85. The Kier molecular flexibility index (Phi) is 3.05. The van der Waals surface area contributed by atoms with Crippen molar-refractivity contribution in [3.05, 3.63) is 42.4 Å². The molecule has 0 unspecified atom stereocenters. The molecule has 5 nitrogen and oxygen atoms in total. The smallest absolute Gasteiger partial charge is 0.342 e. The van der Waals surface area contributed by atoms with Crippen molar-refractivity contribution in [3.63, 3.8) is 0 Å². The largest absolute Gasteiger partial charge is 0.403 e. The zero-order chi connectivity index (χ0) is 13.2. The van der Waals surface area contributed by atoms with Crippen molar-refractivity contribution < 1.29 is 4.74 Å².